The van der Waals surface area contributed by atoms with Crippen LogP contribution < -0.4 is 15.4 Å². The molecule has 0 aromatic heterocycles. The number of carbonyl (C=O) groups is 2. The van der Waals surface area contributed by atoms with Crippen LogP contribution in [0.3, 0.4) is 0 Å². The van der Waals surface area contributed by atoms with Crippen LogP contribution in [0.1, 0.15) is 48.7 Å². The molecule has 0 bridgehead atoms. The molecule has 6 nitrogen and oxygen atoms in total. The van der Waals surface area contributed by atoms with Crippen LogP contribution in [-0.4, -0.2) is 49.5 Å². The molecule has 1 heterocycles. The Kier molecular flexibility index (Phi) is 10.0. The summed E-state index contributed by atoms with van der Waals surface area (Å²) in [5.41, 5.74) is 1.28. The van der Waals surface area contributed by atoms with Crippen molar-refractivity contribution < 1.29 is 14.3 Å². The number of methoxy groups -OCH3 is 1. The number of nitrogens with one attached hydrogen (secondary N) is 2. The standard InChI is InChI=1S/C25H33N3O3.ClH/c1-18(2)26-17-19-13-15-28(16-14-19)25(30)23(20-7-5-4-6-8-20)27-24(29)21-9-11-22(31-3)12-10-21;/h4-12,18-19,23,26H,13-17H2,1-3H3,(H,27,29);1H/t23-;/m1./s1. The fourth-order valence-corrected chi connectivity index (χ4v) is 3.83. The van der Waals surface area contributed by atoms with Crippen molar-refractivity contribution in [2.45, 2.75) is 38.8 Å². The van der Waals surface area contributed by atoms with E-state index >= 15 is 0 Å². The predicted molar refractivity (Wildman–Crippen MR) is 129 cm³/mol. The molecule has 2 aromatic rings. The van der Waals surface area contributed by atoms with Crippen molar-refractivity contribution in [3.05, 3.63) is 65.7 Å². The van der Waals surface area contributed by atoms with E-state index in [-0.39, 0.29) is 24.2 Å². The summed E-state index contributed by atoms with van der Waals surface area (Å²) in [6, 6.07) is 16.1. The van der Waals surface area contributed by atoms with Crippen molar-refractivity contribution >= 4 is 24.2 Å². The van der Waals surface area contributed by atoms with Gasteiger partial charge in [-0.1, -0.05) is 44.2 Å². The van der Waals surface area contributed by atoms with Gasteiger partial charge in [-0.15, -0.1) is 12.4 Å². The van der Waals surface area contributed by atoms with Crippen LogP contribution >= 0.6 is 12.4 Å². The van der Waals surface area contributed by atoms with E-state index in [9.17, 15) is 9.59 Å². The third kappa shape index (κ3) is 6.97. The molecule has 1 fully saturated rings. The molecule has 2 aromatic carbocycles. The van der Waals surface area contributed by atoms with Gasteiger partial charge in [0.15, 0.2) is 0 Å². The second-order valence-corrected chi connectivity index (χ2v) is 8.38. The monoisotopic (exact) mass is 459 g/mol. The Morgan fingerprint density at radius 2 is 1.66 bits per heavy atom. The minimum absolute atomic E-state index is 0. The highest BCUT2D eigenvalue weighted by Gasteiger charge is 2.30. The number of hydrogen-bond acceptors (Lipinski definition) is 4. The number of piperidine rings is 1. The number of ether oxygens (including phenoxy) is 1. The van der Waals surface area contributed by atoms with E-state index in [0.29, 0.717) is 36.4 Å². The summed E-state index contributed by atoms with van der Waals surface area (Å²) in [5.74, 6) is 0.932. The zero-order valence-corrected chi connectivity index (χ0v) is 19.9. The van der Waals surface area contributed by atoms with E-state index in [1.54, 1.807) is 31.4 Å². The minimum Gasteiger partial charge on any atom is -0.497 e. The lowest BCUT2D eigenvalue weighted by molar-refractivity contribution is -0.134. The van der Waals surface area contributed by atoms with Gasteiger partial charge in [0.2, 0.25) is 5.91 Å². The largest absolute Gasteiger partial charge is 0.497 e. The van der Waals surface area contributed by atoms with Crippen LogP contribution in [0.5, 0.6) is 5.75 Å². The third-order valence-corrected chi connectivity index (χ3v) is 5.75. The Morgan fingerprint density at radius 1 is 1.03 bits per heavy atom. The third-order valence-electron chi connectivity index (χ3n) is 5.75. The summed E-state index contributed by atoms with van der Waals surface area (Å²) in [5, 5.41) is 6.44. The molecule has 32 heavy (non-hydrogen) atoms. The molecule has 0 spiro atoms. The van der Waals surface area contributed by atoms with Crippen molar-refractivity contribution in [3.63, 3.8) is 0 Å². The Bertz CT molecular complexity index is 850. The molecule has 0 unspecified atom stereocenters. The molecule has 0 radical (unpaired) electrons. The van der Waals surface area contributed by atoms with Crippen LogP contribution in [0.4, 0.5) is 0 Å². The van der Waals surface area contributed by atoms with Gasteiger partial charge in [0, 0.05) is 24.7 Å². The molecule has 1 aliphatic heterocycles. The molecule has 3 rings (SSSR count). The fraction of sp³-hybridized carbons (Fsp3) is 0.440. The first-order chi connectivity index (χ1) is 15.0. The summed E-state index contributed by atoms with van der Waals surface area (Å²) in [6.45, 7) is 6.70. The van der Waals surface area contributed by atoms with Crippen LogP contribution in [0.15, 0.2) is 54.6 Å². The Hall–Kier alpha value is -2.57. The Balaban J connectivity index is 0.00000363. The van der Waals surface area contributed by atoms with E-state index in [0.717, 1.165) is 24.9 Å². The fourth-order valence-electron chi connectivity index (χ4n) is 3.83. The average molecular weight is 460 g/mol. The van der Waals surface area contributed by atoms with E-state index in [2.05, 4.69) is 24.5 Å². The highest BCUT2D eigenvalue weighted by atomic mass is 35.5. The van der Waals surface area contributed by atoms with Gasteiger partial charge in [0.05, 0.1) is 7.11 Å². The van der Waals surface area contributed by atoms with Crippen molar-refractivity contribution in [3.8, 4) is 5.75 Å². The van der Waals surface area contributed by atoms with Crippen LogP contribution in [0.2, 0.25) is 0 Å². The quantitative estimate of drug-likeness (QED) is 0.629. The molecule has 1 saturated heterocycles. The van der Waals surface area contributed by atoms with Crippen molar-refractivity contribution in [1.29, 1.82) is 0 Å². The zero-order valence-electron chi connectivity index (χ0n) is 19.0. The molecule has 1 atom stereocenters. The summed E-state index contributed by atoms with van der Waals surface area (Å²) in [6.07, 6.45) is 1.94. The summed E-state index contributed by atoms with van der Waals surface area (Å²) < 4.78 is 5.16. The Labute approximate surface area is 197 Å². The zero-order chi connectivity index (χ0) is 22.2. The number of likely N-dealkylation sites (tertiary alicyclic amines) is 1. The molecular formula is C25H34ClN3O3. The lowest BCUT2D eigenvalue weighted by Crippen LogP contribution is -2.47. The number of amides is 2. The first-order valence-corrected chi connectivity index (χ1v) is 11.0. The molecule has 1 aliphatic rings. The number of carbonyl (C=O) groups excluding carboxylic acids is 2. The molecule has 174 valence electrons. The van der Waals surface area contributed by atoms with E-state index in [4.69, 9.17) is 4.74 Å². The number of hydrogen-bond donors (Lipinski definition) is 2. The summed E-state index contributed by atoms with van der Waals surface area (Å²) in [7, 11) is 1.58. The second-order valence-electron chi connectivity index (χ2n) is 8.38. The van der Waals surface area contributed by atoms with Gasteiger partial charge >= 0.3 is 0 Å². The molecule has 0 aliphatic carbocycles. The van der Waals surface area contributed by atoms with Crippen molar-refractivity contribution in [1.82, 2.24) is 15.5 Å². The number of halogens is 1. The van der Waals surface area contributed by atoms with Gasteiger partial charge in [0.1, 0.15) is 11.8 Å². The minimum atomic E-state index is -0.707. The lowest BCUT2D eigenvalue weighted by atomic mass is 9.95. The molecule has 0 saturated carbocycles. The lowest BCUT2D eigenvalue weighted by Gasteiger charge is -2.35. The number of rotatable bonds is 8. The van der Waals surface area contributed by atoms with Gasteiger partial charge in [-0.2, -0.15) is 0 Å². The van der Waals surface area contributed by atoms with E-state index in [1.807, 2.05) is 35.2 Å². The smallest absolute Gasteiger partial charge is 0.252 e. The number of benzene rings is 2. The maximum atomic E-state index is 13.4. The first-order valence-electron chi connectivity index (χ1n) is 11.0. The first kappa shape index (κ1) is 25.7. The maximum Gasteiger partial charge on any atom is 0.252 e. The summed E-state index contributed by atoms with van der Waals surface area (Å²) >= 11 is 0. The van der Waals surface area contributed by atoms with E-state index < -0.39 is 6.04 Å². The average Bonchev–Trinajstić information content (AvgIpc) is 2.81. The van der Waals surface area contributed by atoms with Gasteiger partial charge in [0.25, 0.3) is 5.91 Å². The Morgan fingerprint density at radius 3 is 2.22 bits per heavy atom. The molecular weight excluding hydrogens is 426 g/mol. The van der Waals surface area contributed by atoms with Gasteiger partial charge in [-0.05, 0) is 55.1 Å². The molecule has 2 amide bonds. The normalized spacial score (nSPS) is 15.1. The number of nitrogens with zero attached hydrogens (tertiary/aromatic N) is 1. The molecule has 7 heteroatoms. The highest BCUT2D eigenvalue weighted by molar-refractivity contribution is 5.98. The second kappa shape index (κ2) is 12.5. The topological polar surface area (TPSA) is 70.7 Å². The van der Waals surface area contributed by atoms with Gasteiger partial charge < -0.3 is 20.3 Å². The van der Waals surface area contributed by atoms with Crippen molar-refractivity contribution in [2.24, 2.45) is 5.92 Å². The van der Waals surface area contributed by atoms with E-state index in [1.165, 1.54) is 0 Å². The van der Waals surface area contributed by atoms with Crippen LogP contribution in [0, 0.1) is 5.92 Å². The summed E-state index contributed by atoms with van der Waals surface area (Å²) in [4.78, 5) is 28.2. The van der Waals surface area contributed by atoms with Crippen molar-refractivity contribution in [2.75, 3.05) is 26.7 Å². The van der Waals surface area contributed by atoms with Gasteiger partial charge in [-0.3, -0.25) is 9.59 Å². The maximum absolute atomic E-state index is 13.4. The SMILES string of the molecule is COc1ccc(C(=O)N[C@@H](C(=O)N2CCC(CNC(C)C)CC2)c2ccccc2)cc1.Cl. The van der Waals surface area contributed by atoms with Crippen LogP contribution in [-0.2, 0) is 4.79 Å². The van der Waals surface area contributed by atoms with Gasteiger partial charge in [-0.25, -0.2) is 0 Å². The predicted octanol–water partition coefficient (Wildman–Crippen LogP) is 3.82. The van der Waals surface area contributed by atoms with Crippen LogP contribution in [0.25, 0.3) is 0 Å². The molecule has 2 N–H and O–H groups in total. The highest BCUT2D eigenvalue weighted by Crippen LogP contribution is 2.23.